The van der Waals surface area contributed by atoms with Crippen LogP contribution < -0.4 is 0 Å². The van der Waals surface area contributed by atoms with E-state index in [-0.39, 0.29) is 47.0 Å². The summed E-state index contributed by atoms with van der Waals surface area (Å²) in [5, 5.41) is 0. The molecule has 0 aromatic heterocycles. The van der Waals surface area contributed by atoms with Crippen LogP contribution in [0.3, 0.4) is 0 Å². The number of carbonyl (C=O) groups is 4. The zero-order valence-corrected chi connectivity index (χ0v) is 19.0. The molecule has 0 bridgehead atoms. The minimum Gasteiger partial charge on any atom is -0.466 e. The van der Waals surface area contributed by atoms with Gasteiger partial charge in [-0.2, -0.15) is 0 Å². The molecule has 8 heteroatoms. The van der Waals surface area contributed by atoms with Crippen molar-refractivity contribution in [2.45, 2.75) is 40.5 Å². The van der Waals surface area contributed by atoms with Crippen LogP contribution in [0.2, 0.25) is 0 Å². The largest absolute Gasteiger partial charge is 0.466 e. The van der Waals surface area contributed by atoms with Crippen LogP contribution in [-0.4, -0.2) is 52.3 Å². The van der Waals surface area contributed by atoms with Gasteiger partial charge in [-0.25, -0.2) is 19.2 Å². The highest BCUT2D eigenvalue weighted by molar-refractivity contribution is 6.04. The van der Waals surface area contributed by atoms with Crippen molar-refractivity contribution in [3.63, 3.8) is 0 Å². The van der Waals surface area contributed by atoms with Crippen molar-refractivity contribution in [3.05, 3.63) is 22.3 Å². The molecule has 1 aliphatic carbocycles. The number of hydrogen-bond donors (Lipinski definition) is 0. The summed E-state index contributed by atoms with van der Waals surface area (Å²) in [5.41, 5.74) is 0.616. The van der Waals surface area contributed by atoms with Crippen LogP contribution in [0.4, 0.5) is 0 Å². The van der Waals surface area contributed by atoms with Gasteiger partial charge in [-0.15, -0.1) is 0 Å². The standard InChI is InChI=1S/C22H32O8/c1-11(2)13-9-15(19(23)27-5)18(22(26)30-8)14(12(3)4)10-16(20(24)28-6)17(13)21(25)29-7/h11-14H,9-10H2,1-8H3/b17-16-,18-15-/t13-,14-/m1/s1. The molecule has 0 saturated carbocycles. The minimum atomic E-state index is -0.669. The summed E-state index contributed by atoms with van der Waals surface area (Å²) in [7, 11) is 4.93. The van der Waals surface area contributed by atoms with Gasteiger partial charge < -0.3 is 18.9 Å². The molecule has 1 rings (SSSR count). The molecule has 0 heterocycles. The Kier molecular flexibility index (Phi) is 9.26. The summed E-state index contributed by atoms with van der Waals surface area (Å²) in [5.74, 6) is -4.14. The number of esters is 4. The number of hydrogen-bond acceptors (Lipinski definition) is 8. The molecule has 30 heavy (non-hydrogen) atoms. The Bertz CT molecular complexity index is 693. The van der Waals surface area contributed by atoms with Crippen molar-refractivity contribution in [1.82, 2.24) is 0 Å². The van der Waals surface area contributed by atoms with E-state index in [1.807, 2.05) is 27.7 Å². The Hall–Kier alpha value is -2.64. The fraction of sp³-hybridized carbons (Fsp3) is 0.636. The van der Waals surface area contributed by atoms with Crippen molar-refractivity contribution in [1.29, 1.82) is 0 Å². The van der Waals surface area contributed by atoms with Gasteiger partial charge in [0.25, 0.3) is 0 Å². The van der Waals surface area contributed by atoms with Crippen LogP contribution in [0.1, 0.15) is 40.5 Å². The highest BCUT2D eigenvalue weighted by atomic mass is 16.5. The Morgan fingerprint density at radius 3 is 1.07 bits per heavy atom. The van der Waals surface area contributed by atoms with Gasteiger partial charge in [0.05, 0.1) is 39.6 Å². The monoisotopic (exact) mass is 424 g/mol. The van der Waals surface area contributed by atoms with E-state index < -0.39 is 35.7 Å². The van der Waals surface area contributed by atoms with Gasteiger partial charge in [0.1, 0.15) is 0 Å². The molecular formula is C22H32O8. The maximum absolute atomic E-state index is 12.8. The Balaban J connectivity index is 3.99. The number of ether oxygens (including phenoxy) is 4. The molecule has 0 saturated heterocycles. The molecule has 0 amide bonds. The second-order valence-electron chi connectivity index (χ2n) is 7.86. The SMILES string of the molecule is COC(=O)/C1=C(\C(=O)OC)[C@@H](C(C)C)C/C(C(=O)OC)=C(/C(=O)OC)[C@@H](C(C)C)C1. The lowest BCUT2D eigenvalue weighted by atomic mass is 9.71. The average Bonchev–Trinajstić information content (AvgIpc) is 2.71. The van der Waals surface area contributed by atoms with E-state index in [0.717, 1.165) is 0 Å². The number of rotatable bonds is 6. The molecule has 0 aromatic carbocycles. The van der Waals surface area contributed by atoms with Crippen molar-refractivity contribution in [2.75, 3.05) is 28.4 Å². The number of methoxy groups -OCH3 is 4. The number of carbonyl (C=O) groups excluding carboxylic acids is 4. The first-order valence-corrected chi connectivity index (χ1v) is 9.84. The highest BCUT2D eigenvalue weighted by Crippen LogP contribution is 2.41. The van der Waals surface area contributed by atoms with Gasteiger partial charge in [0.15, 0.2) is 0 Å². The first kappa shape index (κ1) is 25.4. The van der Waals surface area contributed by atoms with Gasteiger partial charge in [-0.3, -0.25) is 0 Å². The summed E-state index contributed by atoms with van der Waals surface area (Å²) < 4.78 is 19.9. The molecule has 0 radical (unpaired) electrons. The first-order valence-electron chi connectivity index (χ1n) is 9.84. The maximum Gasteiger partial charge on any atom is 0.334 e. The summed E-state index contributed by atoms with van der Waals surface area (Å²) in [6, 6.07) is 0. The van der Waals surface area contributed by atoms with E-state index in [1.54, 1.807) is 0 Å². The predicted octanol–water partition coefficient (Wildman–Crippen LogP) is 2.61. The molecule has 0 unspecified atom stereocenters. The van der Waals surface area contributed by atoms with E-state index >= 15 is 0 Å². The second kappa shape index (κ2) is 10.9. The van der Waals surface area contributed by atoms with Crippen molar-refractivity contribution < 1.29 is 38.1 Å². The maximum atomic E-state index is 12.8. The summed E-state index contributed by atoms with van der Waals surface area (Å²) in [6.45, 7) is 7.43. The lowest BCUT2D eigenvalue weighted by Crippen LogP contribution is -2.33. The third kappa shape index (κ3) is 5.29. The van der Waals surface area contributed by atoms with Crippen LogP contribution in [-0.2, 0) is 38.1 Å². The lowest BCUT2D eigenvalue weighted by molar-refractivity contribution is -0.141. The summed E-state index contributed by atoms with van der Waals surface area (Å²) >= 11 is 0. The van der Waals surface area contributed by atoms with E-state index in [4.69, 9.17) is 18.9 Å². The van der Waals surface area contributed by atoms with Gasteiger partial charge >= 0.3 is 23.9 Å². The molecule has 0 spiro atoms. The van der Waals surface area contributed by atoms with Crippen LogP contribution in [0.5, 0.6) is 0 Å². The Morgan fingerprint density at radius 1 is 0.600 bits per heavy atom. The average molecular weight is 424 g/mol. The molecule has 168 valence electrons. The molecule has 0 fully saturated rings. The topological polar surface area (TPSA) is 105 Å². The van der Waals surface area contributed by atoms with Crippen LogP contribution in [0.15, 0.2) is 22.3 Å². The van der Waals surface area contributed by atoms with Crippen molar-refractivity contribution in [2.24, 2.45) is 23.7 Å². The molecule has 0 aromatic rings. The third-order valence-corrected chi connectivity index (χ3v) is 5.52. The molecule has 0 aliphatic heterocycles. The van der Waals surface area contributed by atoms with E-state index in [0.29, 0.717) is 0 Å². The molecule has 1 aliphatic rings. The lowest BCUT2D eigenvalue weighted by Gasteiger charge is -2.33. The Morgan fingerprint density at radius 2 is 0.867 bits per heavy atom. The highest BCUT2D eigenvalue weighted by Gasteiger charge is 2.41. The van der Waals surface area contributed by atoms with Gasteiger partial charge in [-0.1, -0.05) is 27.7 Å². The first-order chi connectivity index (χ1) is 14.0. The normalized spacial score (nSPS) is 24.7. The fourth-order valence-corrected chi connectivity index (χ4v) is 3.85. The van der Waals surface area contributed by atoms with E-state index in [2.05, 4.69) is 0 Å². The summed E-state index contributed by atoms with van der Waals surface area (Å²) in [6.07, 6.45) is 0.0336. The smallest absolute Gasteiger partial charge is 0.334 e. The summed E-state index contributed by atoms with van der Waals surface area (Å²) in [4.78, 5) is 50.9. The predicted molar refractivity (Wildman–Crippen MR) is 108 cm³/mol. The van der Waals surface area contributed by atoms with E-state index in [1.165, 1.54) is 28.4 Å². The van der Waals surface area contributed by atoms with Gasteiger partial charge in [-0.05, 0) is 36.5 Å². The minimum absolute atomic E-state index is 0.0168. The van der Waals surface area contributed by atoms with Crippen molar-refractivity contribution >= 4 is 23.9 Å². The third-order valence-electron chi connectivity index (χ3n) is 5.52. The van der Waals surface area contributed by atoms with Crippen LogP contribution in [0, 0.1) is 23.7 Å². The fourth-order valence-electron chi connectivity index (χ4n) is 3.85. The quantitative estimate of drug-likeness (QED) is 0.473. The molecule has 8 nitrogen and oxygen atoms in total. The van der Waals surface area contributed by atoms with Gasteiger partial charge in [0.2, 0.25) is 0 Å². The molecule has 2 atom stereocenters. The van der Waals surface area contributed by atoms with Crippen LogP contribution in [0.25, 0.3) is 0 Å². The molecular weight excluding hydrogens is 392 g/mol. The second-order valence-corrected chi connectivity index (χ2v) is 7.86. The zero-order chi connectivity index (χ0) is 23.2. The Labute approximate surface area is 177 Å². The zero-order valence-electron chi connectivity index (χ0n) is 19.0. The molecule has 0 N–H and O–H groups in total. The van der Waals surface area contributed by atoms with Crippen molar-refractivity contribution in [3.8, 4) is 0 Å². The van der Waals surface area contributed by atoms with Gasteiger partial charge in [0, 0.05) is 11.1 Å². The van der Waals surface area contributed by atoms with E-state index in [9.17, 15) is 19.2 Å². The van der Waals surface area contributed by atoms with Crippen LogP contribution >= 0.6 is 0 Å².